The maximum atomic E-state index is 12.4. The van der Waals surface area contributed by atoms with E-state index in [1.807, 2.05) is 43.1 Å². The van der Waals surface area contributed by atoms with Crippen molar-refractivity contribution >= 4 is 29.1 Å². The average Bonchev–Trinajstić information content (AvgIpc) is 2.59. The van der Waals surface area contributed by atoms with Crippen LogP contribution in [0.15, 0.2) is 29.2 Å². The minimum Gasteiger partial charge on any atom is -0.339 e. The van der Waals surface area contributed by atoms with Crippen LogP contribution in [0.5, 0.6) is 0 Å². The van der Waals surface area contributed by atoms with Gasteiger partial charge in [0.1, 0.15) is 0 Å². The van der Waals surface area contributed by atoms with Crippen molar-refractivity contribution in [1.82, 2.24) is 10.2 Å². The van der Waals surface area contributed by atoms with E-state index in [4.69, 9.17) is 0 Å². The molecule has 1 amide bonds. The summed E-state index contributed by atoms with van der Waals surface area (Å²) in [6, 6.07) is 7.75. The zero-order valence-electron chi connectivity index (χ0n) is 14.8. The van der Waals surface area contributed by atoms with Gasteiger partial charge in [0.05, 0.1) is 6.04 Å². The van der Waals surface area contributed by atoms with E-state index in [1.165, 1.54) is 12.8 Å². The van der Waals surface area contributed by atoms with Gasteiger partial charge in [-0.25, -0.2) is 0 Å². The summed E-state index contributed by atoms with van der Waals surface area (Å²) in [5, 5.41) is 3.36. The highest BCUT2D eigenvalue weighted by Crippen LogP contribution is 2.23. The molecule has 1 saturated heterocycles. The summed E-state index contributed by atoms with van der Waals surface area (Å²) in [6.45, 7) is 4.20. The van der Waals surface area contributed by atoms with E-state index >= 15 is 0 Å². The first-order valence-electron chi connectivity index (χ1n) is 8.38. The second kappa shape index (κ2) is 10.2. The van der Waals surface area contributed by atoms with Crippen molar-refractivity contribution in [2.45, 2.75) is 43.5 Å². The van der Waals surface area contributed by atoms with Crippen molar-refractivity contribution in [2.75, 3.05) is 26.4 Å². The van der Waals surface area contributed by atoms with Gasteiger partial charge in [-0.2, -0.15) is 0 Å². The van der Waals surface area contributed by atoms with E-state index in [9.17, 15) is 9.00 Å². The Labute approximate surface area is 154 Å². The van der Waals surface area contributed by atoms with Crippen molar-refractivity contribution in [1.29, 1.82) is 0 Å². The van der Waals surface area contributed by atoms with Crippen molar-refractivity contribution < 1.29 is 9.00 Å². The second-order valence-corrected chi connectivity index (χ2v) is 7.82. The molecule has 1 N–H and O–H groups in total. The summed E-state index contributed by atoms with van der Waals surface area (Å²) in [5.41, 5.74) is 1.08. The van der Waals surface area contributed by atoms with Gasteiger partial charge in [0.15, 0.2) is 0 Å². The number of nitrogens with one attached hydrogen (secondary N) is 1. The maximum absolute atomic E-state index is 12.4. The topological polar surface area (TPSA) is 49.4 Å². The van der Waals surface area contributed by atoms with Crippen molar-refractivity contribution in [2.24, 2.45) is 5.92 Å². The number of halogens is 1. The molecule has 0 saturated carbocycles. The number of amides is 1. The molecule has 136 valence electrons. The summed E-state index contributed by atoms with van der Waals surface area (Å²) in [4.78, 5) is 15.1. The predicted molar refractivity (Wildman–Crippen MR) is 102 cm³/mol. The smallest absolute Gasteiger partial charge is 0.222 e. The third-order valence-corrected chi connectivity index (χ3v) is 5.83. The Hall–Kier alpha value is -0.910. The first-order valence-corrected chi connectivity index (χ1v) is 9.94. The van der Waals surface area contributed by atoms with Crippen LogP contribution in [-0.2, 0) is 15.6 Å². The van der Waals surface area contributed by atoms with E-state index in [2.05, 4.69) is 5.32 Å². The van der Waals surface area contributed by atoms with E-state index < -0.39 is 10.8 Å². The van der Waals surface area contributed by atoms with Crippen LogP contribution in [0.1, 0.15) is 44.2 Å². The van der Waals surface area contributed by atoms with Crippen molar-refractivity contribution in [3.63, 3.8) is 0 Å². The average molecular weight is 373 g/mol. The molecule has 2 atom stereocenters. The molecule has 0 radical (unpaired) electrons. The summed E-state index contributed by atoms with van der Waals surface area (Å²) >= 11 is 0. The Morgan fingerprint density at radius 1 is 1.29 bits per heavy atom. The van der Waals surface area contributed by atoms with Gasteiger partial charge in [-0.15, -0.1) is 12.4 Å². The summed E-state index contributed by atoms with van der Waals surface area (Å²) in [7, 11) is 0.915. The molecule has 1 aromatic rings. The Morgan fingerprint density at radius 2 is 1.88 bits per heavy atom. The molecule has 4 nitrogen and oxygen atoms in total. The standard InChI is InChI=1S/C18H28N2O2S.ClH/c1-14(16-5-7-17(8-6-16)23(3)22)20(2)18(21)9-4-15-10-12-19-13-11-15;/h5-8,14-15,19H,4,9-13H2,1-3H3;1H. The van der Waals surface area contributed by atoms with Gasteiger partial charge in [-0.1, -0.05) is 12.1 Å². The van der Waals surface area contributed by atoms with Gasteiger partial charge in [0.2, 0.25) is 5.91 Å². The molecule has 0 spiro atoms. The van der Waals surface area contributed by atoms with Gasteiger partial charge in [-0.05, 0) is 62.9 Å². The molecule has 0 aliphatic carbocycles. The lowest BCUT2D eigenvalue weighted by molar-refractivity contribution is -0.132. The van der Waals surface area contributed by atoms with Crippen molar-refractivity contribution in [3.05, 3.63) is 29.8 Å². The molecule has 2 rings (SSSR count). The van der Waals surface area contributed by atoms with Crippen LogP contribution in [0.2, 0.25) is 0 Å². The van der Waals surface area contributed by atoms with Crippen LogP contribution in [-0.4, -0.2) is 41.4 Å². The summed E-state index contributed by atoms with van der Waals surface area (Å²) in [6.07, 6.45) is 5.66. The fourth-order valence-corrected chi connectivity index (χ4v) is 3.57. The van der Waals surface area contributed by atoms with E-state index in [0.29, 0.717) is 12.3 Å². The number of carbonyl (C=O) groups excluding carboxylic acids is 1. The molecule has 1 aliphatic heterocycles. The van der Waals surface area contributed by atoms with Crippen molar-refractivity contribution in [3.8, 4) is 0 Å². The fourth-order valence-electron chi connectivity index (χ4n) is 3.05. The molecular formula is C18H29ClN2O2S. The second-order valence-electron chi connectivity index (χ2n) is 6.44. The Bertz CT molecular complexity index is 544. The third-order valence-electron chi connectivity index (χ3n) is 4.89. The normalized spacial score (nSPS) is 17.6. The Morgan fingerprint density at radius 3 is 2.42 bits per heavy atom. The summed E-state index contributed by atoms with van der Waals surface area (Å²) in [5.74, 6) is 0.891. The number of hydrogen-bond acceptors (Lipinski definition) is 3. The fraction of sp³-hybridized carbons (Fsp3) is 0.611. The monoisotopic (exact) mass is 372 g/mol. The van der Waals surface area contributed by atoms with Gasteiger partial charge in [0.25, 0.3) is 0 Å². The van der Waals surface area contributed by atoms with Gasteiger partial charge < -0.3 is 10.2 Å². The molecule has 1 fully saturated rings. The number of piperidine rings is 1. The SMILES string of the molecule is CC(c1ccc(S(C)=O)cc1)N(C)C(=O)CCC1CCNCC1.Cl. The van der Waals surface area contributed by atoms with Crippen LogP contribution in [0.3, 0.4) is 0 Å². The lowest BCUT2D eigenvalue weighted by Gasteiger charge is -2.27. The molecule has 24 heavy (non-hydrogen) atoms. The molecule has 6 heteroatoms. The number of rotatable bonds is 6. The van der Waals surface area contributed by atoms with Crippen LogP contribution in [0, 0.1) is 5.92 Å². The number of nitrogens with zero attached hydrogens (tertiary/aromatic N) is 1. The predicted octanol–water partition coefficient (Wildman–Crippen LogP) is 3.15. The van der Waals surface area contributed by atoms with Gasteiger partial charge in [-0.3, -0.25) is 9.00 Å². The highest BCUT2D eigenvalue weighted by Gasteiger charge is 2.20. The molecule has 1 aromatic carbocycles. The van der Waals surface area contributed by atoms with Crippen LogP contribution >= 0.6 is 12.4 Å². The van der Waals surface area contributed by atoms with Crippen LogP contribution < -0.4 is 5.32 Å². The largest absolute Gasteiger partial charge is 0.339 e. The maximum Gasteiger partial charge on any atom is 0.222 e. The quantitative estimate of drug-likeness (QED) is 0.834. The minimum absolute atomic E-state index is 0. The van der Waals surface area contributed by atoms with Crippen LogP contribution in [0.4, 0.5) is 0 Å². The first-order chi connectivity index (χ1) is 11.0. The molecule has 0 bridgehead atoms. The lowest BCUT2D eigenvalue weighted by Crippen LogP contribution is -2.31. The van der Waals surface area contributed by atoms with E-state index in [0.717, 1.165) is 30.0 Å². The molecule has 1 aliphatic rings. The molecule has 2 unspecified atom stereocenters. The zero-order chi connectivity index (χ0) is 16.8. The molecular weight excluding hydrogens is 344 g/mol. The van der Waals surface area contributed by atoms with Gasteiger partial charge in [0, 0.05) is 35.4 Å². The van der Waals surface area contributed by atoms with Gasteiger partial charge >= 0.3 is 0 Å². The zero-order valence-corrected chi connectivity index (χ0v) is 16.4. The number of hydrogen-bond donors (Lipinski definition) is 1. The lowest BCUT2D eigenvalue weighted by atomic mass is 9.93. The van der Waals surface area contributed by atoms with Crippen LogP contribution in [0.25, 0.3) is 0 Å². The minimum atomic E-state index is -0.962. The Balaban J connectivity index is 0.00000288. The van der Waals surface area contributed by atoms with E-state index in [-0.39, 0.29) is 24.4 Å². The molecule has 1 heterocycles. The highest BCUT2D eigenvalue weighted by atomic mass is 35.5. The number of carbonyl (C=O) groups is 1. The first kappa shape index (κ1) is 21.1. The van der Waals surface area contributed by atoms with E-state index in [1.54, 1.807) is 6.26 Å². The Kier molecular flexibility index (Phi) is 8.95. The molecule has 0 aromatic heterocycles. The highest BCUT2D eigenvalue weighted by molar-refractivity contribution is 7.84. The summed E-state index contributed by atoms with van der Waals surface area (Å²) < 4.78 is 11.4. The number of benzene rings is 1. The third kappa shape index (κ3) is 5.87.